The van der Waals surface area contributed by atoms with Crippen LogP contribution in [0.1, 0.15) is 33.5 Å². The zero-order chi connectivity index (χ0) is 20.1. The standard InChI is InChI=1S/C20H19N3O4S/c1-4-27-20(25)17-15(13-5-7-14(26-3)8-6-13)11-28-19(17)23-18(24)16-10-21-12(2)9-22-16/h5-11H,4H2,1-3H3,(H,23,24). The molecule has 2 aromatic heterocycles. The molecule has 0 spiro atoms. The number of rotatable bonds is 6. The van der Waals surface area contributed by atoms with E-state index in [1.54, 1.807) is 21.0 Å². The fourth-order valence-corrected chi connectivity index (χ4v) is 3.47. The number of methoxy groups -OCH3 is 1. The fourth-order valence-electron chi connectivity index (χ4n) is 2.52. The summed E-state index contributed by atoms with van der Waals surface area (Å²) in [5.41, 5.74) is 2.68. The van der Waals surface area contributed by atoms with E-state index >= 15 is 0 Å². The highest BCUT2D eigenvalue weighted by Gasteiger charge is 2.23. The van der Waals surface area contributed by atoms with Crippen molar-refractivity contribution in [2.75, 3.05) is 19.0 Å². The van der Waals surface area contributed by atoms with Gasteiger partial charge in [-0.25, -0.2) is 9.78 Å². The second-order valence-electron chi connectivity index (χ2n) is 5.80. The Labute approximate surface area is 166 Å². The quantitative estimate of drug-likeness (QED) is 0.634. The summed E-state index contributed by atoms with van der Waals surface area (Å²) in [6.07, 6.45) is 2.91. The first-order chi connectivity index (χ1) is 13.5. The summed E-state index contributed by atoms with van der Waals surface area (Å²) in [4.78, 5) is 33.2. The fraction of sp³-hybridized carbons (Fsp3) is 0.200. The molecule has 0 atom stereocenters. The van der Waals surface area contributed by atoms with Crippen LogP contribution in [-0.2, 0) is 4.74 Å². The van der Waals surface area contributed by atoms with E-state index in [2.05, 4.69) is 15.3 Å². The number of nitrogens with one attached hydrogen (secondary N) is 1. The summed E-state index contributed by atoms with van der Waals surface area (Å²) in [5, 5.41) is 4.96. The maximum atomic E-state index is 12.6. The van der Waals surface area contributed by atoms with Gasteiger partial charge in [0, 0.05) is 17.1 Å². The van der Waals surface area contributed by atoms with Gasteiger partial charge in [0.25, 0.3) is 5.91 Å². The number of ether oxygens (including phenoxy) is 2. The van der Waals surface area contributed by atoms with Crippen LogP contribution in [0.4, 0.5) is 5.00 Å². The van der Waals surface area contributed by atoms with Gasteiger partial charge in [-0.3, -0.25) is 9.78 Å². The molecule has 0 unspecified atom stereocenters. The highest BCUT2D eigenvalue weighted by atomic mass is 32.1. The van der Waals surface area contributed by atoms with Crippen molar-refractivity contribution < 1.29 is 19.1 Å². The molecule has 0 aliphatic carbocycles. The summed E-state index contributed by atoms with van der Waals surface area (Å²) in [7, 11) is 1.59. The molecule has 3 aromatic rings. The zero-order valence-electron chi connectivity index (χ0n) is 15.7. The molecule has 144 valence electrons. The number of aryl methyl sites for hydroxylation is 1. The van der Waals surface area contributed by atoms with Crippen molar-refractivity contribution >= 4 is 28.2 Å². The Kier molecular flexibility index (Phi) is 6.00. The predicted octanol–water partition coefficient (Wildman–Crippen LogP) is 3.95. The van der Waals surface area contributed by atoms with Crippen LogP contribution >= 0.6 is 11.3 Å². The number of anilines is 1. The smallest absolute Gasteiger partial charge is 0.341 e. The maximum Gasteiger partial charge on any atom is 0.341 e. The first-order valence-corrected chi connectivity index (χ1v) is 9.44. The van der Waals surface area contributed by atoms with Crippen LogP contribution in [0.5, 0.6) is 5.75 Å². The van der Waals surface area contributed by atoms with E-state index in [1.807, 2.05) is 29.6 Å². The van der Waals surface area contributed by atoms with Crippen LogP contribution in [-0.4, -0.2) is 35.6 Å². The monoisotopic (exact) mass is 397 g/mol. The third kappa shape index (κ3) is 4.17. The lowest BCUT2D eigenvalue weighted by molar-refractivity contribution is 0.0529. The van der Waals surface area contributed by atoms with E-state index in [1.165, 1.54) is 23.7 Å². The number of nitrogens with zero attached hydrogens (tertiary/aromatic N) is 2. The average molecular weight is 397 g/mol. The molecule has 0 aliphatic rings. The Morgan fingerprint density at radius 3 is 2.50 bits per heavy atom. The van der Waals surface area contributed by atoms with Gasteiger partial charge < -0.3 is 14.8 Å². The average Bonchev–Trinajstić information content (AvgIpc) is 3.12. The number of carbonyl (C=O) groups excluding carboxylic acids is 2. The van der Waals surface area contributed by atoms with Crippen molar-refractivity contribution in [3.05, 3.63) is 59.0 Å². The Bertz CT molecular complexity index is 982. The van der Waals surface area contributed by atoms with Crippen molar-refractivity contribution in [3.8, 4) is 16.9 Å². The molecular weight excluding hydrogens is 378 g/mol. The lowest BCUT2D eigenvalue weighted by Gasteiger charge is -2.09. The summed E-state index contributed by atoms with van der Waals surface area (Å²) < 4.78 is 10.4. The lowest BCUT2D eigenvalue weighted by atomic mass is 10.0. The number of carbonyl (C=O) groups is 2. The van der Waals surface area contributed by atoms with Gasteiger partial charge in [0.1, 0.15) is 22.0 Å². The van der Waals surface area contributed by atoms with Crippen LogP contribution in [0.2, 0.25) is 0 Å². The number of amides is 1. The molecule has 3 rings (SSSR count). The van der Waals surface area contributed by atoms with Crippen LogP contribution in [0, 0.1) is 6.92 Å². The van der Waals surface area contributed by atoms with Gasteiger partial charge >= 0.3 is 5.97 Å². The molecule has 1 aromatic carbocycles. The third-order valence-electron chi connectivity index (χ3n) is 3.91. The van der Waals surface area contributed by atoms with Crippen LogP contribution < -0.4 is 10.1 Å². The summed E-state index contributed by atoms with van der Waals surface area (Å²) >= 11 is 1.25. The molecule has 0 aliphatic heterocycles. The van der Waals surface area contributed by atoms with Gasteiger partial charge in [0.05, 0.1) is 25.6 Å². The number of aromatic nitrogens is 2. The largest absolute Gasteiger partial charge is 0.497 e. The molecule has 0 bridgehead atoms. The Morgan fingerprint density at radius 2 is 1.89 bits per heavy atom. The van der Waals surface area contributed by atoms with Gasteiger partial charge in [-0.05, 0) is 31.5 Å². The summed E-state index contributed by atoms with van der Waals surface area (Å²) in [6.45, 7) is 3.75. The molecule has 0 saturated heterocycles. The van der Waals surface area contributed by atoms with Gasteiger partial charge in [-0.1, -0.05) is 12.1 Å². The SMILES string of the molecule is CCOC(=O)c1c(-c2ccc(OC)cc2)csc1NC(=O)c1cnc(C)cn1. The Hall–Kier alpha value is -3.26. The lowest BCUT2D eigenvalue weighted by Crippen LogP contribution is -2.16. The molecule has 0 fully saturated rings. The minimum Gasteiger partial charge on any atom is -0.497 e. The molecule has 0 saturated carbocycles. The van der Waals surface area contributed by atoms with E-state index in [9.17, 15) is 9.59 Å². The molecule has 0 radical (unpaired) electrons. The maximum absolute atomic E-state index is 12.6. The molecule has 1 amide bonds. The highest BCUT2D eigenvalue weighted by molar-refractivity contribution is 7.15. The molecule has 1 N–H and O–H groups in total. The van der Waals surface area contributed by atoms with Gasteiger partial charge in [0.15, 0.2) is 0 Å². The minimum atomic E-state index is -0.500. The van der Waals surface area contributed by atoms with E-state index in [0.29, 0.717) is 27.6 Å². The minimum absolute atomic E-state index is 0.166. The molecule has 8 heteroatoms. The first kappa shape index (κ1) is 19.5. The van der Waals surface area contributed by atoms with Crippen molar-refractivity contribution in [1.82, 2.24) is 9.97 Å². The van der Waals surface area contributed by atoms with E-state index in [4.69, 9.17) is 9.47 Å². The second kappa shape index (κ2) is 8.62. The topological polar surface area (TPSA) is 90.4 Å². The van der Waals surface area contributed by atoms with Gasteiger partial charge in [0.2, 0.25) is 0 Å². The van der Waals surface area contributed by atoms with Gasteiger partial charge in [-0.2, -0.15) is 0 Å². The predicted molar refractivity (Wildman–Crippen MR) is 107 cm³/mol. The number of benzene rings is 1. The third-order valence-corrected chi connectivity index (χ3v) is 4.81. The van der Waals surface area contributed by atoms with Crippen molar-refractivity contribution in [1.29, 1.82) is 0 Å². The second-order valence-corrected chi connectivity index (χ2v) is 6.68. The first-order valence-electron chi connectivity index (χ1n) is 8.56. The zero-order valence-corrected chi connectivity index (χ0v) is 16.5. The van der Waals surface area contributed by atoms with Crippen molar-refractivity contribution in [3.63, 3.8) is 0 Å². The normalized spacial score (nSPS) is 10.4. The van der Waals surface area contributed by atoms with Gasteiger partial charge in [-0.15, -0.1) is 11.3 Å². The molecule has 7 nitrogen and oxygen atoms in total. The number of esters is 1. The molecule has 28 heavy (non-hydrogen) atoms. The van der Waals surface area contributed by atoms with E-state index in [-0.39, 0.29) is 12.3 Å². The summed E-state index contributed by atoms with van der Waals surface area (Å²) in [5.74, 6) is -0.232. The van der Waals surface area contributed by atoms with Crippen molar-refractivity contribution in [2.45, 2.75) is 13.8 Å². The molecule has 2 heterocycles. The van der Waals surface area contributed by atoms with Crippen LogP contribution in [0.25, 0.3) is 11.1 Å². The number of thiophene rings is 1. The van der Waals surface area contributed by atoms with Crippen LogP contribution in [0.3, 0.4) is 0 Å². The van der Waals surface area contributed by atoms with E-state index in [0.717, 1.165) is 5.56 Å². The summed E-state index contributed by atoms with van der Waals surface area (Å²) in [6, 6.07) is 7.31. The number of hydrogen-bond acceptors (Lipinski definition) is 7. The van der Waals surface area contributed by atoms with Crippen LogP contribution in [0.15, 0.2) is 42.0 Å². The Balaban J connectivity index is 1.96. The number of hydrogen-bond donors (Lipinski definition) is 1. The Morgan fingerprint density at radius 1 is 1.14 bits per heavy atom. The molecular formula is C20H19N3O4S. The van der Waals surface area contributed by atoms with E-state index < -0.39 is 11.9 Å². The highest BCUT2D eigenvalue weighted by Crippen LogP contribution is 2.37. The van der Waals surface area contributed by atoms with Crippen molar-refractivity contribution in [2.24, 2.45) is 0 Å².